The number of hydrogen-bond donors (Lipinski definition) is 0. The maximum atomic E-state index is 12.2. The van der Waals surface area contributed by atoms with Crippen LogP contribution in [0.1, 0.15) is 24.2 Å². The minimum absolute atomic E-state index is 0.0179. The molecule has 3 nitrogen and oxygen atoms in total. The molecule has 2 rings (SSSR count). The molecule has 0 aliphatic carbocycles. The molecule has 18 heavy (non-hydrogen) atoms. The van der Waals surface area contributed by atoms with E-state index in [4.69, 9.17) is 11.6 Å². The van der Waals surface area contributed by atoms with Crippen molar-refractivity contribution in [2.24, 2.45) is 0 Å². The molecule has 0 aliphatic rings. The molecule has 1 heterocycles. The van der Waals surface area contributed by atoms with Gasteiger partial charge in [-0.15, -0.1) is 0 Å². The summed E-state index contributed by atoms with van der Waals surface area (Å²) in [6, 6.07) is 7.34. The molecular weight excluding hydrogens is 248 g/mol. The standard InChI is InChI=1S/C14H15ClN2O/c1-3-17(4-2)14(18)11-7-10-5-6-12(15)8-13(10)16-9-11/h5-9H,3-4H2,1-2H3. The third kappa shape index (κ3) is 2.46. The molecule has 0 fully saturated rings. The fourth-order valence-corrected chi connectivity index (χ4v) is 2.07. The van der Waals surface area contributed by atoms with Gasteiger partial charge in [0.05, 0.1) is 11.1 Å². The average molecular weight is 263 g/mol. The number of aromatic nitrogens is 1. The molecule has 1 aromatic carbocycles. The first kappa shape index (κ1) is 12.8. The monoisotopic (exact) mass is 262 g/mol. The van der Waals surface area contributed by atoms with Crippen LogP contribution in [0.15, 0.2) is 30.5 Å². The first-order chi connectivity index (χ1) is 8.65. The van der Waals surface area contributed by atoms with Gasteiger partial charge in [0.2, 0.25) is 0 Å². The Morgan fingerprint density at radius 2 is 2.00 bits per heavy atom. The van der Waals surface area contributed by atoms with E-state index in [0.29, 0.717) is 23.7 Å². The number of pyridine rings is 1. The van der Waals surface area contributed by atoms with Gasteiger partial charge in [-0.25, -0.2) is 0 Å². The Morgan fingerprint density at radius 1 is 1.28 bits per heavy atom. The first-order valence-corrected chi connectivity index (χ1v) is 6.38. The molecule has 0 radical (unpaired) electrons. The largest absolute Gasteiger partial charge is 0.339 e. The van der Waals surface area contributed by atoms with Gasteiger partial charge in [0.1, 0.15) is 0 Å². The number of benzene rings is 1. The van der Waals surface area contributed by atoms with Gasteiger partial charge in [0.15, 0.2) is 0 Å². The van der Waals surface area contributed by atoms with Crippen LogP contribution in [0.25, 0.3) is 10.9 Å². The van der Waals surface area contributed by atoms with Gasteiger partial charge >= 0.3 is 0 Å². The number of carbonyl (C=O) groups excluding carboxylic acids is 1. The van der Waals surface area contributed by atoms with Crippen molar-refractivity contribution in [2.75, 3.05) is 13.1 Å². The molecule has 1 amide bonds. The predicted molar refractivity (Wildman–Crippen MR) is 74.0 cm³/mol. The maximum Gasteiger partial charge on any atom is 0.255 e. The summed E-state index contributed by atoms with van der Waals surface area (Å²) < 4.78 is 0. The Hall–Kier alpha value is -1.61. The summed E-state index contributed by atoms with van der Waals surface area (Å²) in [7, 11) is 0. The topological polar surface area (TPSA) is 33.2 Å². The molecule has 0 bridgehead atoms. The molecule has 0 unspecified atom stereocenters. The highest BCUT2D eigenvalue weighted by Gasteiger charge is 2.13. The molecule has 0 atom stereocenters. The number of fused-ring (bicyclic) bond motifs is 1. The second kappa shape index (κ2) is 5.36. The van der Waals surface area contributed by atoms with Crippen molar-refractivity contribution in [3.63, 3.8) is 0 Å². The van der Waals surface area contributed by atoms with Gasteiger partial charge in [-0.1, -0.05) is 17.7 Å². The van der Waals surface area contributed by atoms with E-state index in [0.717, 1.165) is 10.9 Å². The summed E-state index contributed by atoms with van der Waals surface area (Å²) >= 11 is 5.90. The van der Waals surface area contributed by atoms with E-state index in [2.05, 4.69) is 4.98 Å². The highest BCUT2D eigenvalue weighted by atomic mass is 35.5. The number of amides is 1. The highest BCUT2D eigenvalue weighted by molar-refractivity contribution is 6.31. The summed E-state index contributed by atoms with van der Waals surface area (Å²) in [5, 5.41) is 1.58. The lowest BCUT2D eigenvalue weighted by Gasteiger charge is -2.18. The molecule has 0 spiro atoms. The Balaban J connectivity index is 2.41. The smallest absolute Gasteiger partial charge is 0.255 e. The van der Waals surface area contributed by atoms with Crippen molar-refractivity contribution < 1.29 is 4.79 Å². The van der Waals surface area contributed by atoms with Crippen LogP contribution in [-0.4, -0.2) is 28.9 Å². The van der Waals surface area contributed by atoms with Crippen molar-refractivity contribution in [3.8, 4) is 0 Å². The van der Waals surface area contributed by atoms with Crippen LogP contribution in [-0.2, 0) is 0 Å². The van der Waals surface area contributed by atoms with Crippen molar-refractivity contribution in [1.29, 1.82) is 0 Å². The summed E-state index contributed by atoms with van der Waals surface area (Å²) in [6.07, 6.45) is 1.61. The van der Waals surface area contributed by atoms with Crippen LogP contribution in [0.4, 0.5) is 0 Å². The fourth-order valence-electron chi connectivity index (χ4n) is 1.90. The average Bonchev–Trinajstić information content (AvgIpc) is 2.39. The van der Waals surface area contributed by atoms with Crippen molar-refractivity contribution >= 4 is 28.4 Å². The maximum absolute atomic E-state index is 12.2. The fraction of sp³-hybridized carbons (Fsp3) is 0.286. The van der Waals surface area contributed by atoms with Crippen LogP contribution >= 0.6 is 11.6 Å². The number of hydrogen-bond acceptors (Lipinski definition) is 2. The number of carbonyl (C=O) groups is 1. The Morgan fingerprint density at radius 3 is 2.67 bits per heavy atom. The summed E-state index contributed by atoms with van der Waals surface area (Å²) in [4.78, 5) is 18.2. The zero-order valence-corrected chi connectivity index (χ0v) is 11.2. The zero-order chi connectivity index (χ0) is 13.1. The van der Waals surface area contributed by atoms with Gasteiger partial charge in [-0.2, -0.15) is 0 Å². The van der Waals surface area contributed by atoms with Gasteiger partial charge in [-0.3, -0.25) is 9.78 Å². The van der Waals surface area contributed by atoms with E-state index in [9.17, 15) is 4.79 Å². The van der Waals surface area contributed by atoms with Gasteiger partial charge < -0.3 is 4.90 Å². The van der Waals surface area contributed by atoms with Crippen LogP contribution in [0.2, 0.25) is 5.02 Å². The Kier molecular flexibility index (Phi) is 3.82. The molecule has 4 heteroatoms. The molecule has 0 N–H and O–H groups in total. The third-order valence-corrected chi connectivity index (χ3v) is 3.18. The van der Waals surface area contributed by atoms with Crippen LogP contribution in [0.5, 0.6) is 0 Å². The second-order valence-electron chi connectivity index (χ2n) is 4.04. The summed E-state index contributed by atoms with van der Waals surface area (Å²) in [5.74, 6) is 0.0179. The quantitative estimate of drug-likeness (QED) is 0.850. The van der Waals surface area contributed by atoms with Crippen LogP contribution in [0, 0.1) is 0 Å². The first-order valence-electron chi connectivity index (χ1n) is 6.00. The minimum atomic E-state index is 0.0179. The second-order valence-corrected chi connectivity index (χ2v) is 4.47. The number of rotatable bonds is 3. The van der Waals surface area contributed by atoms with E-state index in [1.807, 2.05) is 26.0 Å². The van der Waals surface area contributed by atoms with E-state index in [1.165, 1.54) is 0 Å². The van der Waals surface area contributed by atoms with Crippen molar-refractivity contribution in [2.45, 2.75) is 13.8 Å². The lowest BCUT2D eigenvalue weighted by Crippen LogP contribution is -2.30. The molecule has 94 valence electrons. The Labute approximate surface area is 111 Å². The number of halogens is 1. The molecule has 0 saturated heterocycles. The van der Waals surface area contributed by atoms with E-state index in [-0.39, 0.29) is 5.91 Å². The van der Waals surface area contributed by atoms with E-state index in [1.54, 1.807) is 23.2 Å². The Bertz CT molecular complexity index is 579. The molecule has 0 aliphatic heterocycles. The summed E-state index contributed by atoms with van der Waals surface area (Å²) in [6.45, 7) is 5.34. The van der Waals surface area contributed by atoms with E-state index >= 15 is 0 Å². The minimum Gasteiger partial charge on any atom is -0.339 e. The molecule has 0 saturated carbocycles. The lowest BCUT2D eigenvalue weighted by molar-refractivity contribution is 0.0773. The highest BCUT2D eigenvalue weighted by Crippen LogP contribution is 2.19. The van der Waals surface area contributed by atoms with Crippen LogP contribution < -0.4 is 0 Å². The van der Waals surface area contributed by atoms with Crippen LogP contribution in [0.3, 0.4) is 0 Å². The van der Waals surface area contributed by atoms with Crippen molar-refractivity contribution in [3.05, 3.63) is 41.0 Å². The SMILES string of the molecule is CCN(CC)C(=O)c1cnc2cc(Cl)ccc2c1. The summed E-state index contributed by atoms with van der Waals surface area (Å²) in [5.41, 5.74) is 1.42. The molecule has 1 aromatic heterocycles. The predicted octanol–water partition coefficient (Wildman–Crippen LogP) is 3.37. The third-order valence-electron chi connectivity index (χ3n) is 2.94. The van der Waals surface area contributed by atoms with E-state index < -0.39 is 0 Å². The molecule has 2 aromatic rings. The zero-order valence-electron chi connectivity index (χ0n) is 10.5. The van der Waals surface area contributed by atoms with Gasteiger partial charge in [0, 0.05) is 29.7 Å². The van der Waals surface area contributed by atoms with Gasteiger partial charge in [-0.05, 0) is 32.0 Å². The lowest BCUT2D eigenvalue weighted by atomic mass is 10.1. The van der Waals surface area contributed by atoms with Crippen molar-refractivity contribution in [1.82, 2.24) is 9.88 Å². The molecular formula is C14H15ClN2O. The number of nitrogens with zero attached hydrogens (tertiary/aromatic N) is 2. The normalized spacial score (nSPS) is 10.6. The van der Waals surface area contributed by atoms with Gasteiger partial charge in [0.25, 0.3) is 5.91 Å².